The highest BCUT2D eigenvalue weighted by atomic mass is 16.7. The van der Waals surface area contributed by atoms with E-state index in [1.54, 1.807) is 0 Å². The van der Waals surface area contributed by atoms with E-state index in [1.165, 1.54) is 0 Å². The fourth-order valence-corrected chi connectivity index (χ4v) is 3.86. The lowest BCUT2D eigenvalue weighted by molar-refractivity contribution is -0.169. The zero-order valence-corrected chi connectivity index (χ0v) is 14.6. The average molecular weight is 347 g/mol. The van der Waals surface area contributed by atoms with Crippen LogP contribution in [0, 0.1) is 0 Å². The van der Waals surface area contributed by atoms with Gasteiger partial charge >= 0.3 is 0 Å². The fourth-order valence-electron chi connectivity index (χ4n) is 3.86. The number of para-hydroxylation sites is 1. The first-order valence-electron chi connectivity index (χ1n) is 9.18. The van der Waals surface area contributed by atoms with Gasteiger partial charge in [0.25, 0.3) is 0 Å². The summed E-state index contributed by atoms with van der Waals surface area (Å²) in [5.41, 5.74) is 2.01. The molecule has 26 heavy (non-hydrogen) atoms. The van der Waals surface area contributed by atoms with Gasteiger partial charge in [-0.3, -0.25) is 0 Å². The quantitative estimate of drug-likeness (QED) is 0.708. The summed E-state index contributed by atoms with van der Waals surface area (Å²) in [7, 11) is 0. The van der Waals surface area contributed by atoms with Crippen molar-refractivity contribution in [2.45, 2.75) is 18.6 Å². The highest BCUT2D eigenvalue weighted by molar-refractivity contribution is 5.91. The van der Waals surface area contributed by atoms with E-state index in [0.717, 1.165) is 54.0 Å². The Hall–Kier alpha value is -2.50. The minimum absolute atomic E-state index is 0.373. The number of nitrogens with zero attached hydrogens (tertiary/aromatic N) is 3. The molecule has 5 heteroatoms. The summed E-state index contributed by atoms with van der Waals surface area (Å²) in [4.78, 5) is 12.1. The Kier molecular flexibility index (Phi) is 3.84. The summed E-state index contributed by atoms with van der Waals surface area (Å²) in [6.07, 6.45) is 1.73. The zero-order valence-electron chi connectivity index (χ0n) is 14.6. The van der Waals surface area contributed by atoms with Crippen LogP contribution in [0.3, 0.4) is 0 Å². The van der Waals surface area contributed by atoms with Crippen molar-refractivity contribution in [2.24, 2.45) is 0 Å². The molecule has 0 bridgehead atoms. The summed E-state index contributed by atoms with van der Waals surface area (Å²) in [5, 5.41) is 1.09. The van der Waals surface area contributed by atoms with Crippen LogP contribution in [0.2, 0.25) is 0 Å². The minimum Gasteiger partial charge on any atom is -0.356 e. The first kappa shape index (κ1) is 15.7. The summed E-state index contributed by atoms with van der Waals surface area (Å²) in [6.45, 7) is 3.15. The van der Waals surface area contributed by atoms with E-state index in [2.05, 4.69) is 29.2 Å². The average Bonchev–Trinajstić information content (AvgIpc) is 3.16. The van der Waals surface area contributed by atoms with Gasteiger partial charge in [-0.2, -0.15) is 0 Å². The van der Waals surface area contributed by atoms with Crippen molar-refractivity contribution >= 4 is 16.7 Å². The second-order valence-electron chi connectivity index (χ2n) is 6.85. The molecule has 0 N–H and O–H groups in total. The Morgan fingerprint density at radius 2 is 1.50 bits per heavy atom. The molecular formula is C21H21N3O2. The molecule has 132 valence electrons. The number of hydrogen-bond donors (Lipinski definition) is 0. The standard InChI is InChI=1S/C21H21N3O2/c1-2-6-16(7-3-1)19-22-18-9-5-4-8-17(18)20(23-19)24-12-10-21(11-13-24)25-14-15-26-21/h1-9H,10-15H2. The summed E-state index contributed by atoms with van der Waals surface area (Å²) in [6, 6.07) is 18.4. The van der Waals surface area contributed by atoms with E-state index in [-0.39, 0.29) is 5.79 Å². The maximum Gasteiger partial charge on any atom is 0.171 e. The number of rotatable bonds is 2. The van der Waals surface area contributed by atoms with Gasteiger partial charge in [-0.05, 0) is 12.1 Å². The molecule has 2 aliphatic rings. The number of ether oxygens (including phenoxy) is 2. The SMILES string of the molecule is c1ccc(-c2nc(N3CCC4(CC3)OCCO4)c3ccccc3n2)cc1. The zero-order chi connectivity index (χ0) is 17.4. The van der Waals surface area contributed by atoms with Crippen LogP contribution in [0.5, 0.6) is 0 Å². The molecule has 0 radical (unpaired) electrons. The molecule has 3 aromatic rings. The highest BCUT2D eigenvalue weighted by Gasteiger charge is 2.40. The molecule has 5 nitrogen and oxygen atoms in total. The highest BCUT2D eigenvalue weighted by Crippen LogP contribution is 2.35. The van der Waals surface area contributed by atoms with Crippen LogP contribution >= 0.6 is 0 Å². The molecule has 2 saturated heterocycles. The summed E-state index contributed by atoms with van der Waals surface area (Å²) in [5.74, 6) is 1.40. The van der Waals surface area contributed by atoms with Crippen LogP contribution in [-0.4, -0.2) is 42.1 Å². The molecular weight excluding hydrogens is 326 g/mol. The van der Waals surface area contributed by atoms with Crippen molar-refractivity contribution in [1.29, 1.82) is 0 Å². The van der Waals surface area contributed by atoms with Crippen molar-refractivity contribution in [1.82, 2.24) is 9.97 Å². The predicted octanol–water partition coefficient (Wildman–Crippen LogP) is 3.64. The molecule has 2 aliphatic heterocycles. The molecule has 0 unspecified atom stereocenters. The Labute approximate surface area is 152 Å². The third kappa shape index (κ3) is 2.73. The Morgan fingerprint density at radius 3 is 2.27 bits per heavy atom. The molecule has 5 rings (SSSR count). The van der Waals surface area contributed by atoms with Gasteiger partial charge in [-0.25, -0.2) is 9.97 Å². The molecule has 0 amide bonds. The first-order valence-corrected chi connectivity index (χ1v) is 9.18. The van der Waals surface area contributed by atoms with Crippen LogP contribution < -0.4 is 4.90 Å². The van der Waals surface area contributed by atoms with Crippen LogP contribution in [0.25, 0.3) is 22.3 Å². The molecule has 0 saturated carbocycles. The molecule has 1 aromatic heterocycles. The maximum absolute atomic E-state index is 5.86. The van der Waals surface area contributed by atoms with Gasteiger partial charge in [0, 0.05) is 36.9 Å². The summed E-state index contributed by atoms with van der Waals surface area (Å²) < 4.78 is 11.7. The van der Waals surface area contributed by atoms with Gasteiger partial charge in [0.2, 0.25) is 0 Å². The number of fused-ring (bicyclic) bond motifs is 1. The Bertz CT molecular complexity index is 913. The lowest BCUT2D eigenvalue weighted by atomic mass is 10.0. The van der Waals surface area contributed by atoms with E-state index < -0.39 is 0 Å². The van der Waals surface area contributed by atoms with Gasteiger partial charge in [0.15, 0.2) is 11.6 Å². The smallest absolute Gasteiger partial charge is 0.171 e. The number of anilines is 1. The Morgan fingerprint density at radius 1 is 0.808 bits per heavy atom. The number of benzene rings is 2. The second kappa shape index (κ2) is 6.34. The molecule has 2 fully saturated rings. The van der Waals surface area contributed by atoms with E-state index in [9.17, 15) is 0 Å². The van der Waals surface area contributed by atoms with Crippen molar-refractivity contribution in [3.8, 4) is 11.4 Å². The van der Waals surface area contributed by atoms with E-state index >= 15 is 0 Å². The number of piperidine rings is 1. The molecule has 3 heterocycles. The van der Waals surface area contributed by atoms with Crippen LogP contribution in [0.4, 0.5) is 5.82 Å². The lowest BCUT2D eigenvalue weighted by Crippen LogP contribution is -2.45. The van der Waals surface area contributed by atoms with Crippen molar-refractivity contribution in [3.63, 3.8) is 0 Å². The normalized spacial score (nSPS) is 19.3. The minimum atomic E-state index is -0.373. The predicted molar refractivity (Wildman–Crippen MR) is 101 cm³/mol. The fraction of sp³-hybridized carbons (Fsp3) is 0.333. The summed E-state index contributed by atoms with van der Waals surface area (Å²) >= 11 is 0. The molecule has 0 aliphatic carbocycles. The first-order chi connectivity index (χ1) is 12.8. The molecule has 0 atom stereocenters. The molecule has 1 spiro atoms. The lowest BCUT2D eigenvalue weighted by Gasteiger charge is -2.38. The number of hydrogen-bond acceptors (Lipinski definition) is 5. The van der Waals surface area contributed by atoms with E-state index in [0.29, 0.717) is 13.2 Å². The van der Waals surface area contributed by atoms with Gasteiger partial charge < -0.3 is 14.4 Å². The topological polar surface area (TPSA) is 47.5 Å². The second-order valence-corrected chi connectivity index (χ2v) is 6.85. The van der Waals surface area contributed by atoms with Crippen molar-refractivity contribution in [3.05, 3.63) is 54.6 Å². The van der Waals surface area contributed by atoms with Crippen LogP contribution in [0.15, 0.2) is 54.6 Å². The third-order valence-electron chi connectivity index (χ3n) is 5.25. The maximum atomic E-state index is 5.86. The third-order valence-corrected chi connectivity index (χ3v) is 5.25. The van der Waals surface area contributed by atoms with Gasteiger partial charge in [0.05, 0.1) is 18.7 Å². The van der Waals surface area contributed by atoms with E-state index in [4.69, 9.17) is 19.4 Å². The molecule has 2 aromatic carbocycles. The van der Waals surface area contributed by atoms with Crippen LogP contribution in [0.1, 0.15) is 12.8 Å². The van der Waals surface area contributed by atoms with Gasteiger partial charge in [0.1, 0.15) is 5.82 Å². The van der Waals surface area contributed by atoms with Gasteiger partial charge in [-0.15, -0.1) is 0 Å². The van der Waals surface area contributed by atoms with Gasteiger partial charge in [-0.1, -0.05) is 42.5 Å². The Balaban J connectivity index is 1.54. The van der Waals surface area contributed by atoms with Crippen molar-refractivity contribution < 1.29 is 9.47 Å². The van der Waals surface area contributed by atoms with Crippen molar-refractivity contribution in [2.75, 3.05) is 31.2 Å². The van der Waals surface area contributed by atoms with E-state index in [1.807, 2.05) is 30.3 Å². The monoisotopic (exact) mass is 347 g/mol. The van der Waals surface area contributed by atoms with Crippen LogP contribution in [-0.2, 0) is 9.47 Å². The largest absolute Gasteiger partial charge is 0.356 e. The number of aromatic nitrogens is 2.